The summed E-state index contributed by atoms with van der Waals surface area (Å²) < 4.78 is 48.6. The third-order valence-electron chi connectivity index (χ3n) is 2.52. The van der Waals surface area contributed by atoms with Crippen molar-refractivity contribution >= 4 is 17.5 Å². The molecule has 9 heteroatoms. The number of aryl methyl sites for hydroxylation is 2. The van der Waals surface area contributed by atoms with Crippen LogP contribution in [0.15, 0.2) is 17.8 Å². The molecule has 0 amide bonds. The lowest BCUT2D eigenvalue weighted by Crippen LogP contribution is -2.26. The Morgan fingerprint density at radius 3 is 2.65 bits per heavy atom. The third-order valence-corrected chi connectivity index (χ3v) is 3.24. The topological polar surface area (TPSA) is 57.0 Å². The van der Waals surface area contributed by atoms with Crippen LogP contribution in [0, 0.1) is 6.92 Å². The van der Waals surface area contributed by atoms with Gasteiger partial charge in [0.05, 0.1) is 17.5 Å². The lowest BCUT2D eigenvalue weighted by atomic mass is 10.2. The van der Waals surface area contributed by atoms with Gasteiger partial charge in [-0.1, -0.05) is 0 Å². The van der Waals surface area contributed by atoms with Crippen molar-refractivity contribution in [1.29, 1.82) is 0 Å². The fourth-order valence-corrected chi connectivity index (χ4v) is 2.24. The second-order valence-electron chi connectivity index (χ2n) is 4.09. The van der Waals surface area contributed by atoms with E-state index in [1.165, 1.54) is 24.0 Å². The molecule has 0 spiro atoms. The van der Waals surface area contributed by atoms with Crippen molar-refractivity contribution < 1.29 is 22.7 Å². The molecule has 0 fully saturated rings. The van der Waals surface area contributed by atoms with Gasteiger partial charge >= 0.3 is 12.1 Å². The molecule has 108 valence electrons. The molecule has 0 aliphatic rings. The van der Waals surface area contributed by atoms with Gasteiger partial charge in [0.2, 0.25) is 6.10 Å². The zero-order valence-corrected chi connectivity index (χ0v) is 11.3. The van der Waals surface area contributed by atoms with E-state index in [1.807, 2.05) is 0 Å². The summed E-state index contributed by atoms with van der Waals surface area (Å²) in [5.74, 6) is -1.05. The van der Waals surface area contributed by atoms with Crippen molar-refractivity contribution in [3.05, 3.63) is 34.6 Å². The minimum atomic E-state index is -4.71. The number of hydrogen-bond acceptors (Lipinski definition) is 5. The van der Waals surface area contributed by atoms with Gasteiger partial charge in [0.1, 0.15) is 0 Å². The Balaban J connectivity index is 2.26. The summed E-state index contributed by atoms with van der Waals surface area (Å²) in [6.45, 7) is 1.53. The number of ether oxygens (including phenoxy) is 1. The molecular formula is C11H10F3N3O2S. The molecule has 2 heterocycles. The van der Waals surface area contributed by atoms with E-state index in [2.05, 4.69) is 14.2 Å². The van der Waals surface area contributed by atoms with Crippen LogP contribution >= 0.6 is 11.5 Å². The molecule has 1 atom stereocenters. The third kappa shape index (κ3) is 2.98. The minimum absolute atomic E-state index is 0.0353. The van der Waals surface area contributed by atoms with E-state index in [4.69, 9.17) is 0 Å². The molecule has 0 bridgehead atoms. The Kier molecular flexibility index (Phi) is 3.80. The fourth-order valence-electron chi connectivity index (χ4n) is 1.56. The molecule has 0 saturated carbocycles. The summed E-state index contributed by atoms with van der Waals surface area (Å²) in [4.78, 5) is 11.8. The first kappa shape index (κ1) is 14.5. The average molecular weight is 305 g/mol. The normalized spacial score (nSPS) is 13.2. The quantitative estimate of drug-likeness (QED) is 0.818. The number of aromatic nitrogens is 3. The van der Waals surface area contributed by atoms with Crippen molar-refractivity contribution in [3.63, 3.8) is 0 Å². The van der Waals surface area contributed by atoms with Gasteiger partial charge in [0, 0.05) is 24.2 Å². The summed E-state index contributed by atoms with van der Waals surface area (Å²) in [7, 11) is 1.48. The molecule has 0 aliphatic heterocycles. The zero-order chi connectivity index (χ0) is 14.9. The van der Waals surface area contributed by atoms with Crippen molar-refractivity contribution in [2.45, 2.75) is 19.2 Å². The lowest BCUT2D eigenvalue weighted by molar-refractivity contribution is -0.207. The summed E-state index contributed by atoms with van der Waals surface area (Å²) in [5.41, 5.74) is 0.148. The van der Waals surface area contributed by atoms with E-state index >= 15 is 0 Å². The average Bonchev–Trinajstić information content (AvgIpc) is 2.93. The molecule has 0 radical (unpaired) electrons. The highest BCUT2D eigenvalue weighted by atomic mass is 32.1. The first-order chi connectivity index (χ1) is 9.29. The molecule has 1 unspecified atom stereocenters. The van der Waals surface area contributed by atoms with E-state index in [0.29, 0.717) is 5.69 Å². The number of hydrogen-bond donors (Lipinski definition) is 0. The number of carbonyl (C=O) groups is 1. The molecule has 0 aliphatic carbocycles. The van der Waals surface area contributed by atoms with Crippen LogP contribution in [0.3, 0.4) is 0 Å². The zero-order valence-electron chi connectivity index (χ0n) is 10.5. The Morgan fingerprint density at radius 1 is 1.50 bits per heavy atom. The standard InChI is InChI=1S/C11H10F3N3O2S/c1-6-8(5-20-16-6)10(18)19-9(11(12,13)14)7-3-15-17(2)4-7/h3-5,9H,1-2H3. The Labute approximate surface area is 116 Å². The van der Waals surface area contributed by atoms with Crippen molar-refractivity contribution in [3.8, 4) is 0 Å². The Bertz CT molecular complexity index is 620. The van der Waals surface area contributed by atoms with Crippen LogP contribution in [0.2, 0.25) is 0 Å². The highest BCUT2D eigenvalue weighted by Gasteiger charge is 2.45. The first-order valence-corrected chi connectivity index (χ1v) is 6.30. The number of halogens is 3. The van der Waals surface area contributed by atoms with Crippen LogP contribution in [0.1, 0.15) is 27.7 Å². The molecule has 20 heavy (non-hydrogen) atoms. The van der Waals surface area contributed by atoms with Gasteiger partial charge in [-0.25, -0.2) is 4.79 Å². The summed E-state index contributed by atoms with van der Waals surface area (Å²) in [6.07, 6.45) is -4.88. The van der Waals surface area contributed by atoms with Crippen LogP contribution < -0.4 is 0 Å². The van der Waals surface area contributed by atoms with Crippen LogP contribution in [0.5, 0.6) is 0 Å². The molecule has 2 aromatic rings. The number of carbonyl (C=O) groups excluding carboxylic acids is 1. The molecule has 2 aromatic heterocycles. The summed E-state index contributed by atoms with van der Waals surface area (Å²) >= 11 is 0.981. The first-order valence-electron chi connectivity index (χ1n) is 5.46. The SMILES string of the molecule is Cc1nscc1C(=O)OC(c1cnn(C)c1)C(F)(F)F. The fraction of sp³-hybridized carbons (Fsp3) is 0.364. The summed E-state index contributed by atoms with van der Waals surface area (Å²) in [6, 6.07) is 0. The molecule has 0 aromatic carbocycles. The lowest BCUT2D eigenvalue weighted by Gasteiger charge is -2.19. The molecular weight excluding hydrogens is 295 g/mol. The van der Waals surface area contributed by atoms with E-state index in [-0.39, 0.29) is 11.1 Å². The highest BCUT2D eigenvalue weighted by molar-refractivity contribution is 7.03. The van der Waals surface area contributed by atoms with Gasteiger partial charge in [-0.15, -0.1) is 0 Å². The van der Waals surface area contributed by atoms with Gasteiger partial charge in [-0.3, -0.25) is 4.68 Å². The van der Waals surface area contributed by atoms with E-state index in [9.17, 15) is 18.0 Å². The number of alkyl halides is 3. The van der Waals surface area contributed by atoms with Gasteiger partial charge < -0.3 is 4.74 Å². The van der Waals surface area contributed by atoms with Crippen molar-refractivity contribution in [1.82, 2.24) is 14.2 Å². The smallest absolute Gasteiger partial charge is 0.429 e. The predicted octanol–water partition coefficient (Wildman–Crippen LogP) is 2.65. The minimum Gasteiger partial charge on any atom is -0.444 e. The second-order valence-corrected chi connectivity index (χ2v) is 4.72. The van der Waals surface area contributed by atoms with Crippen LogP contribution in [-0.4, -0.2) is 26.3 Å². The van der Waals surface area contributed by atoms with Crippen LogP contribution in [0.4, 0.5) is 13.2 Å². The highest BCUT2D eigenvalue weighted by Crippen LogP contribution is 2.36. The molecule has 2 rings (SSSR count). The molecule has 5 nitrogen and oxygen atoms in total. The van der Waals surface area contributed by atoms with Gasteiger partial charge in [0.15, 0.2) is 0 Å². The van der Waals surface area contributed by atoms with Crippen LogP contribution in [-0.2, 0) is 11.8 Å². The number of rotatable bonds is 3. The van der Waals surface area contributed by atoms with Crippen molar-refractivity contribution in [2.24, 2.45) is 7.05 Å². The largest absolute Gasteiger partial charge is 0.444 e. The number of esters is 1. The predicted molar refractivity (Wildman–Crippen MR) is 64.3 cm³/mol. The Hall–Kier alpha value is -1.90. The maximum Gasteiger partial charge on any atom is 0.429 e. The van der Waals surface area contributed by atoms with Crippen molar-refractivity contribution in [2.75, 3.05) is 0 Å². The second kappa shape index (κ2) is 5.23. The van der Waals surface area contributed by atoms with Crippen LogP contribution in [0.25, 0.3) is 0 Å². The Morgan fingerprint density at radius 2 is 2.20 bits per heavy atom. The van der Waals surface area contributed by atoms with E-state index < -0.39 is 18.2 Å². The monoisotopic (exact) mass is 305 g/mol. The van der Waals surface area contributed by atoms with E-state index in [1.54, 1.807) is 0 Å². The van der Waals surface area contributed by atoms with Gasteiger partial charge in [0.25, 0.3) is 0 Å². The van der Waals surface area contributed by atoms with Gasteiger partial charge in [-0.05, 0) is 18.5 Å². The maximum atomic E-state index is 13.0. The van der Waals surface area contributed by atoms with Gasteiger partial charge in [-0.2, -0.15) is 22.6 Å². The van der Waals surface area contributed by atoms with E-state index in [0.717, 1.165) is 23.9 Å². The number of nitrogens with zero attached hydrogens (tertiary/aromatic N) is 3. The maximum absolute atomic E-state index is 13.0. The summed E-state index contributed by atoms with van der Waals surface area (Å²) in [5, 5.41) is 5.01. The molecule has 0 N–H and O–H groups in total. The molecule has 0 saturated heterocycles.